The van der Waals surface area contributed by atoms with Crippen LogP contribution in [0.15, 0.2) is 55.0 Å². The van der Waals surface area contributed by atoms with Crippen molar-refractivity contribution in [1.82, 2.24) is 9.97 Å². The van der Waals surface area contributed by atoms with Crippen LogP contribution in [0.5, 0.6) is 5.75 Å². The van der Waals surface area contributed by atoms with Crippen molar-refractivity contribution in [2.24, 2.45) is 0 Å². The number of alkyl halides is 2. The molecule has 0 fully saturated rings. The SMILES string of the molecule is FC(F)Oc1ccc(Cc2ccc3cncnc3c2)cc1. The van der Waals surface area contributed by atoms with Gasteiger partial charge in [-0.05, 0) is 35.7 Å². The van der Waals surface area contributed by atoms with Crippen LogP contribution < -0.4 is 4.74 Å². The minimum Gasteiger partial charge on any atom is -0.435 e. The lowest BCUT2D eigenvalue weighted by atomic mass is 10.0. The van der Waals surface area contributed by atoms with Crippen LogP contribution in [0.1, 0.15) is 11.1 Å². The molecule has 3 aromatic rings. The van der Waals surface area contributed by atoms with Crippen LogP contribution in [0.2, 0.25) is 0 Å². The summed E-state index contributed by atoms with van der Waals surface area (Å²) < 4.78 is 28.5. The van der Waals surface area contributed by atoms with E-state index in [2.05, 4.69) is 14.7 Å². The van der Waals surface area contributed by atoms with Gasteiger partial charge in [0.05, 0.1) is 5.52 Å². The number of benzene rings is 2. The summed E-state index contributed by atoms with van der Waals surface area (Å²) in [7, 11) is 0. The first-order valence-corrected chi connectivity index (χ1v) is 6.43. The highest BCUT2D eigenvalue weighted by Crippen LogP contribution is 2.19. The van der Waals surface area contributed by atoms with Crippen LogP contribution >= 0.6 is 0 Å². The van der Waals surface area contributed by atoms with E-state index in [4.69, 9.17) is 0 Å². The molecule has 0 radical (unpaired) electrons. The molecule has 0 atom stereocenters. The van der Waals surface area contributed by atoms with E-state index in [1.165, 1.54) is 6.33 Å². The molecule has 0 N–H and O–H groups in total. The van der Waals surface area contributed by atoms with Crippen molar-refractivity contribution in [2.45, 2.75) is 13.0 Å². The van der Waals surface area contributed by atoms with Crippen molar-refractivity contribution in [2.75, 3.05) is 0 Å². The minimum absolute atomic E-state index is 0.167. The normalized spacial score (nSPS) is 11.0. The Morgan fingerprint density at radius 3 is 2.52 bits per heavy atom. The number of hydrogen-bond acceptors (Lipinski definition) is 3. The molecule has 3 rings (SSSR count). The van der Waals surface area contributed by atoms with Crippen molar-refractivity contribution < 1.29 is 13.5 Å². The monoisotopic (exact) mass is 286 g/mol. The smallest absolute Gasteiger partial charge is 0.387 e. The zero-order valence-corrected chi connectivity index (χ0v) is 11.0. The Morgan fingerprint density at radius 2 is 1.76 bits per heavy atom. The van der Waals surface area contributed by atoms with Crippen LogP contribution in [0.3, 0.4) is 0 Å². The van der Waals surface area contributed by atoms with Crippen molar-refractivity contribution >= 4 is 10.9 Å². The van der Waals surface area contributed by atoms with E-state index >= 15 is 0 Å². The van der Waals surface area contributed by atoms with Gasteiger partial charge in [-0.2, -0.15) is 8.78 Å². The van der Waals surface area contributed by atoms with Gasteiger partial charge in [0.25, 0.3) is 0 Å². The molecule has 106 valence electrons. The predicted molar refractivity (Wildman–Crippen MR) is 75.4 cm³/mol. The molecule has 0 saturated carbocycles. The third-order valence-corrected chi connectivity index (χ3v) is 3.13. The van der Waals surface area contributed by atoms with Gasteiger partial charge >= 0.3 is 6.61 Å². The molecule has 0 unspecified atom stereocenters. The first kappa shape index (κ1) is 13.4. The highest BCUT2D eigenvalue weighted by Gasteiger charge is 2.04. The van der Waals surface area contributed by atoms with Crippen molar-refractivity contribution in [3.8, 4) is 5.75 Å². The molecular weight excluding hydrogens is 274 g/mol. The molecule has 1 heterocycles. The number of fused-ring (bicyclic) bond motifs is 1. The predicted octanol–water partition coefficient (Wildman–Crippen LogP) is 3.82. The van der Waals surface area contributed by atoms with Gasteiger partial charge in [0.1, 0.15) is 12.1 Å². The molecule has 21 heavy (non-hydrogen) atoms. The molecule has 0 spiro atoms. The second-order valence-corrected chi connectivity index (χ2v) is 4.62. The van der Waals surface area contributed by atoms with E-state index in [-0.39, 0.29) is 5.75 Å². The molecule has 0 aliphatic heterocycles. The summed E-state index contributed by atoms with van der Waals surface area (Å²) in [6.07, 6.45) is 3.99. The fraction of sp³-hybridized carbons (Fsp3) is 0.125. The van der Waals surface area contributed by atoms with Gasteiger partial charge in [0.2, 0.25) is 0 Å². The van der Waals surface area contributed by atoms with Gasteiger partial charge in [-0.25, -0.2) is 9.97 Å². The highest BCUT2D eigenvalue weighted by molar-refractivity contribution is 5.78. The van der Waals surface area contributed by atoms with Crippen LogP contribution in [0.25, 0.3) is 10.9 Å². The number of ether oxygens (including phenoxy) is 1. The van der Waals surface area contributed by atoms with Gasteiger partial charge < -0.3 is 4.74 Å². The third kappa shape index (κ3) is 3.31. The average Bonchev–Trinajstić information content (AvgIpc) is 2.49. The summed E-state index contributed by atoms with van der Waals surface area (Å²) in [5.74, 6) is 0.167. The zero-order valence-electron chi connectivity index (χ0n) is 11.0. The summed E-state index contributed by atoms with van der Waals surface area (Å²) >= 11 is 0. The Balaban J connectivity index is 1.78. The average molecular weight is 286 g/mol. The fourth-order valence-corrected chi connectivity index (χ4v) is 2.15. The van der Waals surface area contributed by atoms with Crippen LogP contribution in [0, 0.1) is 0 Å². The third-order valence-electron chi connectivity index (χ3n) is 3.13. The molecule has 0 aliphatic rings. The molecule has 0 bridgehead atoms. The van der Waals surface area contributed by atoms with Gasteiger partial charge in [-0.15, -0.1) is 0 Å². The van der Waals surface area contributed by atoms with Crippen molar-refractivity contribution in [1.29, 1.82) is 0 Å². The van der Waals surface area contributed by atoms with Crippen LogP contribution in [-0.2, 0) is 6.42 Å². The van der Waals surface area contributed by atoms with E-state index in [1.807, 2.05) is 18.2 Å². The summed E-state index contributed by atoms with van der Waals surface area (Å²) in [5.41, 5.74) is 3.01. The number of aromatic nitrogens is 2. The fourth-order valence-electron chi connectivity index (χ4n) is 2.15. The molecule has 1 aromatic heterocycles. The van der Waals surface area contributed by atoms with E-state index in [0.717, 1.165) is 22.0 Å². The molecular formula is C16H12F2N2O. The maximum atomic E-state index is 12.1. The largest absolute Gasteiger partial charge is 0.435 e. The summed E-state index contributed by atoms with van der Waals surface area (Å²) in [4.78, 5) is 8.19. The summed E-state index contributed by atoms with van der Waals surface area (Å²) in [6, 6.07) is 12.6. The molecule has 0 saturated heterocycles. The lowest BCUT2D eigenvalue weighted by Crippen LogP contribution is -2.01. The van der Waals surface area contributed by atoms with Crippen molar-refractivity contribution in [3.05, 3.63) is 66.1 Å². The Morgan fingerprint density at radius 1 is 1.00 bits per heavy atom. The maximum Gasteiger partial charge on any atom is 0.387 e. The number of hydrogen-bond donors (Lipinski definition) is 0. The maximum absolute atomic E-state index is 12.1. The highest BCUT2D eigenvalue weighted by atomic mass is 19.3. The Hall–Kier alpha value is -2.56. The van der Waals surface area contributed by atoms with Crippen LogP contribution in [-0.4, -0.2) is 16.6 Å². The van der Waals surface area contributed by atoms with E-state index in [0.29, 0.717) is 6.42 Å². The summed E-state index contributed by atoms with van der Waals surface area (Å²) in [5, 5.41) is 0.988. The van der Waals surface area contributed by atoms with Gasteiger partial charge in [0, 0.05) is 11.6 Å². The first-order valence-electron chi connectivity index (χ1n) is 6.43. The Bertz CT molecular complexity index is 745. The van der Waals surface area contributed by atoms with E-state index < -0.39 is 6.61 Å². The molecule has 2 aromatic carbocycles. The van der Waals surface area contributed by atoms with Gasteiger partial charge in [-0.3, -0.25) is 0 Å². The first-order chi connectivity index (χ1) is 10.2. The lowest BCUT2D eigenvalue weighted by molar-refractivity contribution is -0.0498. The number of halogens is 2. The molecule has 0 aliphatic carbocycles. The van der Waals surface area contributed by atoms with E-state index in [9.17, 15) is 8.78 Å². The Labute approximate surface area is 120 Å². The zero-order chi connectivity index (χ0) is 14.7. The quantitative estimate of drug-likeness (QED) is 0.731. The minimum atomic E-state index is -2.80. The standard InChI is InChI=1S/C16H12F2N2O/c17-16(18)21-14-5-2-11(3-6-14)7-12-1-4-13-9-19-10-20-15(13)8-12/h1-6,8-10,16H,7H2. The number of rotatable bonds is 4. The van der Waals surface area contributed by atoms with Gasteiger partial charge in [0.15, 0.2) is 0 Å². The molecule has 3 nitrogen and oxygen atoms in total. The van der Waals surface area contributed by atoms with E-state index in [1.54, 1.807) is 30.5 Å². The molecule has 5 heteroatoms. The second-order valence-electron chi connectivity index (χ2n) is 4.62. The van der Waals surface area contributed by atoms with Gasteiger partial charge in [-0.1, -0.05) is 24.3 Å². The topological polar surface area (TPSA) is 35.0 Å². The van der Waals surface area contributed by atoms with Crippen LogP contribution in [0.4, 0.5) is 8.78 Å². The summed E-state index contributed by atoms with van der Waals surface area (Å²) in [6.45, 7) is -2.80. The van der Waals surface area contributed by atoms with Crippen molar-refractivity contribution in [3.63, 3.8) is 0 Å². The Kier molecular flexibility index (Phi) is 3.73. The second kappa shape index (κ2) is 5.83. The lowest BCUT2D eigenvalue weighted by Gasteiger charge is -2.06. The molecule has 0 amide bonds. The number of nitrogens with zero attached hydrogens (tertiary/aromatic N) is 2.